The van der Waals surface area contributed by atoms with E-state index >= 15 is 0 Å². The number of allylic oxidation sites excluding steroid dienone is 3. The molecule has 0 radical (unpaired) electrons. The lowest BCUT2D eigenvalue weighted by Gasteiger charge is -2.34. The number of hydrogen-bond acceptors (Lipinski definition) is 5. The minimum Gasteiger partial charge on any atom is -0.377 e. The molecule has 2 aromatic rings. The van der Waals surface area contributed by atoms with Crippen molar-refractivity contribution >= 4 is 5.84 Å². The minimum absolute atomic E-state index is 0.160. The van der Waals surface area contributed by atoms with Crippen LogP contribution < -0.4 is 5.32 Å². The van der Waals surface area contributed by atoms with E-state index in [2.05, 4.69) is 47.4 Å². The van der Waals surface area contributed by atoms with Crippen molar-refractivity contribution < 1.29 is 9.13 Å². The SMILES string of the molecule is C=CNC1=CCC(c2c(-c3ccc(F)cc3)nc3n2CN=C3N2CCOCC2C)C=C1CC. The highest BCUT2D eigenvalue weighted by atomic mass is 19.1. The van der Waals surface area contributed by atoms with Gasteiger partial charge in [-0.2, -0.15) is 0 Å². The molecule has 3 heterocycles. The molecule has 2 aliphatic heterocycles. The Balaban J connectivity index is 1.59. The summed E-state index contributed by atoms with van der Waals surface area (Å²) in [5.41, 5.74) is 5.34. The van der Waals surface area contributed by atoms with Gasteiger partial charge in [-0.25, -0.2) is 14.4 Å². The molecular formula is C26H30FN5O. The third kappa shape index (κ3) is 3.91. The third-order valence-corrected chi connectivity index (χ3v) is 6.64. The molecule has 1 aromatic heterocycles. The number of amidine groups is 1. The molecule has 2 atom stereocenters. The van der Waals surface area contributed by atoms with Crippen LogP contribution in [0.25, 0.3) is 11.3 Å². The average Bonchev–Trinajstić information content (AvgIpc) is 3.40. The topological polar surface area (TPSA) is 54.7 Å². The standard InChI is InChI=1S/C26H30FN5O/c1-4-18-14-20(8-11-22(18)28-5-2)24-23(19-6-9-21(27)10-7-19)30-26-25(29-16-32(24)26)31-12-13-33-15-17(31)3/h5-7,9-11,14,17,20,28H,2,4,8,12-13,15-16H2,1,3H3. The average molecular weight is 448 g/mol. The molecule has 0 saturated carbocycles. The number of fused-ring (bicyclic) bond motifs is 1. The monoisotopic (exact) mass is 447 g/mol. The van der Waals surface area contributed by atoms with Gasteiger partial charge in [0.15, 0.2) is 11.7 Å². The maximum atomic E-state index is 13.7. The molecule has 0 amide bonds. The summed E-state index contributed by atoms with van der Waals surface area (Å²) < 4.78 is 21.6. The van der Waals surface area contributed by atoms with Gasteiger partial charge in [0.1, 0.15) is 12.5 Å². The largest absolute Gasteiger partial charge is 0.377 e. The summed E-state index contributed by atoms with van der Waals surface area (Å²) >= 11 is 0. The summed E-state index contributed by atoms with van der Waals surface area (Å²) in [5.74, 6) is 1.74. The molecule has 0 spiro atoms. The van der Waals surface area contributed by atoms with Crippen LogP contribution in [0.3, 0.4) is 0 Å². The van der Waals surface area contributed by atoms with Crippen molar-refractivity contribution in [2.45, 2.75) is 45.3 Å². The molecule has 2 unspecified atom stereocenters. The summed E-state index contributed by atoms with van der Waals surface area (Å²) in [4.78, 5) is 12.3. The highest BCUT2D eigenvalue weighted by molar-refractivity contribution is 5.98. The number of aromatic nitrogens is 2. The van der Waals surface area contributed by atoms with Crippen molar-refractivity contribution in [1.29, 1.82) is 0 Å². The summed E-state index contributed by atoms with van der Waals surface area (Å²) in [5, 5.41) is 3.26. The van der Waals surface area contributed by atoms with Crippen LogP contribution in [0.2, 0.25) is 0 Å². The number of nitrogens with zero attached hydrogens (tertiary/aromatic N) is 4. The number of aliphatic imine (C=N–C) groups is 1. The van der Waals surface area contributed by atoms with Gasteiger partial charge in [0.2, 0.25) is 0 Å². The normalized spacial score (nSPS) is 22.4. The number of hydrogen-bond donors (Lipinski definition) is 1. The van der Waals surface area contributed by atoms with Gasteiger partial charge in [-0.1, -0.05) is 25.7 Å². The Bertz CT molecular complexity index is 1140. The van der Waals surface area contributed by atoms with Crippen LogP contribution in [0, 0.1) is 5.82 Å². The zero-order valence-corrected chi connectivity index (χ0v) is 19.2. The van der Waals surface area contributed by atoms with E-state index in [9.17, 15) is 4.39 Å². The van der Waals surface area contributed by atoms with Gasteiger partial charge in [-0.05, 0) is 55.8 Å². The van der Waals surface area contributed by atoms with Crippen LogP contribution in [0.5, 0.6) is 0 Å². The maximum Gasteiger partial charge on any atom is 0.178 e. The van der Waals surface area contributed by atoms with Gasteiger partial charge in [-0.15, -0.1) is 0 Å². The third-order valence-electron chi connectivity index (χ3n) is 6.64. The predicted molar refractivity (Wildman–Crippen MR) is 128 cm³/mol. The number of rotatable bonds is 5. The predicted octanol–water partition coefficient (Wildman–Crippen LogP) is 4.57. The molecule has 6 nitrogen and oxygen atoms in total. The highest BCUT2D eigenvalue weighted by Crippen LogP contribution is 2.39. The Labute approximate surface area is 194 Å². The van der Waals surface area contributed by atoms with Crippen LogP contribution in [0.1, 0.15) is 44.1 Å². The zero-order chi connectivity index (χ0) is 22.9. The highest BCUT2D eigenvalue weighted by Gasteiger charge is 2.34. The van der Waals surface area contributed by atoms with Gasteiger partial charge in [-0.3, -0.25) is 0 Å². The zero-order valence-electron chi connectivity index (χ0n) is 19.2. The van der Waals surface area contributed by atoms with Crippen molar-refractivity contribution in [3.63, 3.8) is 0 Å². The van der Waals surface area contributed by atoms with Gasteiger partial charge in [0.05, 0.1) is 30.6 Å². The van der Waals surface area contributed by atoms with Gasteiger partial charge >= 0.3 is 0 Å². The molecule has 1 aromatic carbocycles. The molecule has 3 aliphatic rings. The van der Waals surface area contributed by atoms with Gasteiger partial charge in [0.25, 0.3) is 0 Å². The second-order valence-electron chi connectivity index (χ2n) is 8.70. The number of benzene rings is 1. The van der Waals surface area contributed by atoms with Crippen molar-refractivity contribution in [3.8, 4) is 11.3 Å². The first kappa shape index (κ1) is 21.6. The molecule has 1 aliphatic carbocycles. The Morgan fingerprint density at radius 2 is 2.12 bits per heavy atom. The van der Waals surface area contributed by atoms with E-state index in [1.54, 1.807) is 6.20 Å². The minimum atomic E-state index is -0.245. The van der Waals surface area contributed by atoms with E-state index < -0.39 is 0 Å². The number of morpholine rings is 1. The van der Waals surface area contributed by atoms with Gasteiger partial charge in [0, 0.05) is 23.7 Å². The molecule has 33 heavy (non-hydrogen) atoms. The molecular weight excluding hydrogens is 417 g/mol. The fraction of sp³-hybridized carbons (Fsp3) is 0.385. The molecule has 172 valence electrons. The van der Waals surface area contributed by atoms with Crippen molar-refractivity contribution in [1.82, 2.24) is 19.8 Å². The van der Waals surface area contributed by atoms with Crippen LogP contribution in [0.4, 0.5) is 4.39 Å². The smallest absolute Gasteiger partial charge is 0.178 e. The van der Waals surface area contributed by atoms with Crippen LogP contribution >= 0.6 is 0 Å². The van der Waals surface area contributed by atoms with Crippen LogP contribution in [-0.2, 0) is 11.4 Å². The van der Waals surface area contributed by atoms with Crippen LogP contribution in [0.15, 0.2) is 65.5 Å². The van der Waals surface area contributed by atoms with E-state index in [1.165, 1.54) is 17.7 Å². The van der Waals surface area contributed by atoms with E-state index in [0.29, 0.717) is 19.9 Å². The van der Waals surface area contributed by atoms with Crippen LogP contribution in [-0.4, -0.2) is 46.1 Å². The fourth-order valence-corrected chi connectivity index (χ4v) is 4.98. The first-order valence-electron chi connectivity index (χ1n) is 11.6. The number of halogens is 1. The summed E-state index contributed by atoms with van der Waals surface area (Å²) in [6, 6.07) is 6.89. The van der Waals surface area contributed by atoms with E-state index in [1.807, 2.05) is 12.1 Å². The summed E-state index contributed by atoms with van der Waals surface area (Å²) in [6.45, 7) is 10.9. The lowest BCUT2D eigenvalue weighted by atomic mass is 9.88. The first-order chi connectivity index (χ1) is 16.1. The second kappa shape index (κ2) is 8.98. The van der Waals surface area contributed by atoms with Crippen molar-refractivity contribution in [2.24, 2.45) is 4.99 Å². The second-order valence-corrected chi connectivity index (χ2v) is 8.70. The number of imidazole rings is 1. The van der Waals surface area contributed by atoms with Gasteiger partial charge < -0.3 is 19.5 Å². The van der Waals surface area contributed by atoms with E-state index in [0.717, 1.165) is 53.7 Å². The van der Waals surface area contributed by atoms with E-state index in [4.69, 9.17) is 14.7 Å². The Kier molecular flexibility index (Phi) is 5.89. The van der Waals surface area contributed by atoms with Crippen molar-refractivity contribution in [2.75, 3.05) is 19.8 Å². The summed E-state index contributed by atoms with van der Waals surface area (Å²) in [6.07, 6.45) is 8.06. The van der Waals surface area contributed by atoms with E-state index in [-0.39, 0.29) is 17.8 Å². The Morgan fingerprint density at radius 3 is 2.85 bits per heavy atom. The molecule has 1 fully saturated rings. The first-order valence-corrected chi connectivity index (χ1v) is 11.6. The lowest BCUT2D eigenvalue weighted by Crippen LogP contribution is -2.47. The molecule has 1 N–H and O–H groups in total. The number of ether oxygens (including phenoxy) is 1. The lowest BCUT2D eigenvalue weighted by molar-refractivity contribution is 0.0334. The summed E-state index contributed by atoms with van der Waals surface area (Å²) in [7, 11) is 0. The quantitative estimate of drug-likeness (QED) is 0.730. The fourth-order valence-electron chi connectivity index (χ4n) is 4.98. The Morgan fingerprint density at radius 1 is 1.30 bits per heavy atom. The maximum absolute atomic E-state index is 13.7. The number of nitrogens with one attached hydrogen (secondary N) is 1. The molecule has 7 heteroatoms. The Hall–Kier alpha value is -3.19. The molecule has 1 saturated heterocycles. The molecule has 0 bridgehead atoms. The van der Waals surface area contributed by atoms with Crippen molar-refractivity contribution in [3.05, 3.63) is 77.8 Å². The molecule has 5 rings (SSSR count).